The van der Waals surface area contributed by atoms with E-state index in [0.717, 1.165) is 63.7 Å². The fourth-order valence-corrected chi connectivity index (χ4v) is 10.0. The summed E-state index contributed by atoms with van der Waals surface area (Å²) >= 11 is 1.68. The number of carbonyl (C=O) groups excluding carboxylic acids is 2. The third kappa shape index (κ3) is 7.23. The van der Waals surface area contributed by atoms with Gasteiger partial charge in [-0.25, -0.2) is 0 Å². The van der Waals surface area contributed by atoms with E-state index in [1.165, 1.54) is 64.2 Å². The van der Waals surface area contributed by atoms with Crippen molar-refractivity contribution in [1.82, 2.24) is 20.7 Å². The van der Waals surface area contributed by atoms with Gasteiger partial charge >= 0.3 is 0 Å². The molecule has 1 aromatic heterocycles. The molecule has 0 aromatic carbocycles. The van der Waals surface area contributed by atoms with Crippen molar-refractivity contribution in [2.75, 3.05) is 32.8 Å². The summed E-state index contributed by atoms with van der Waals surface area (Å²) in [5.41, 5.74) is -0.339. The first-order chi connectivity index (χ1) is 20.7. The van der Waals surface area contributed by atoms with Crippen LogP contribution in [0.4, 0.5) is 0 Å². The molecule has 3 aliphatic carbocycles. The molecule has 1 spiro atoms. The molecule has 9 heteroatoms. The van der Waals surface area contributed by atoms with Gasteiger partial charge in [-0.3, -0.25) is 9.59 Å². The topological polar surface area (TPSA) is 96.7 Å². The average Bonchev–Trinajstić information content (AvgIpc) is 3.63. The molecule has 2 saturated heterocycles. The number of hydrogen-bond donors (Lipinski definition) is 2. The molecule has 3 atom stereocenters. The van der Waals surface area contributed by atoms with E-state index in [0.29, 0.717) is 27.4 Å². The number of hydrogen-bond acceptors (Lipinski definition) is 7. The van der Waals surface area contributed by atoms with E-state index in [9.17, 15) is 9.59 Å². The lowest BCUT2D eigenvalue weighted by Gasteiger charge is -2.41. The molecule has 1 aromatic rings. The number of ether oxygens (including phenoxy) is 1. The minimum atomic E-state index is -0.708. The molecule has 43 heavy (non-hydrogen) atoms. The molecule has 8 nitrogen and oxygen atoms in total. The summed E-state index contributed by atoms with van der Waals surface area (Å²) in [6.45, 7) is 10.0. The van der Waals surface area contributed by atoms with E-state index in [4.69, 9.17) is 9.26 Å². The van der Waals surface area contributed by atoms with Gasteiger partial charge in [0.15, 0.2) is 0 Å². The van der Waals surface area contributed by atoms with Gasteiger partial charge in [-0.05, 0) is 107 Å². The molecule has 3 saturated carbocycles. The monoisotopic (exact) mass is 614 g/mol. The smallest absolute Gasteiger partial charge is 0.291 e. The number of nitrogens with zero attached hydrogens (tertiary/aromatic N) is 2. The molecule has 2 N–H and O–H groups in total. The molecule has 0 radical (unpaired) electrons. The first-order valence-corrected chi connectivity index (χ1v) is 18.2. The zero-order valence-electron chi connectivity index (χ0n) is 26.8. The maximum atomic E-state index is 13.7. The average molecular weight is 615 g/mol. The fraction of sp³-hybridized carbons (Fsp3) is 0.853. The molecule has 5 fully saturated rings. The Bertz CT molecular complexity index is 1100. The Morgan fingerprint density at radius 2 is 1.79 bits per heavy atom. The van der Waals surface area contributed by atoms with Crippen molar-refractivity contribution in [3.8, 4) is 5.88 Å². The number of thioether (sulfide) groups is 1. The fourth-order valence-electron chi connectivity index (χ4n) is 8.68. The number of nitrogens with one attached hydrogen (secondary N) is 2. The number of likely N-dealkylation sites (tertiary alicyclic amines) is 1. The molecular weight excluding hydrogens is 560 g/mol. The van der Waals surface area contributed by atoms with Gasteiger partial charge in [0.05, 0.1) is 5.41 Å². The number of carbonyl (C=O) groups is 2. The van der Waals surface area contributed by atoms with Crippen LogP contribution >= 0.6 is 11.8 Å². The van der Waals surface area contributed by atoms with Gasteiger partial charge < -0.3 is 24.8 Å². The Morgan fingerprint density at radius 1 is 1.07 bits per heavy atom. The highest BCUT2D eigenvalue weighted by Crippen LogP contribution is 2.44. The van der Waals surface area contributed by atoms with E-state index in [-0.39, 0.29) is 30.2 Å². The molecule has 3 heterocycles. The summed E-state index contributed by atoms with van der Waals surface area (Å²) < 4.78 is 12.0. The third-order valence-electron chi connectivity index (χ3n) is 11.5. The van der Waals surface area contributed by atoms with Gasteiger partial charge in [-0.1, -0.05) is 38.5 Å². The molecule has 5 aliphatic rings. The Morgan fingerprint density at radius 3 is 2.47 bits per heavy atom. The highest BCUT2D eigenvalue weighted by Gasteiger charge is 2.42. The maximum absolute atomic E-state index is 13.7. The minimum absolute atomic E-state index is 0.0955. The number of fused-ring (bicyclic) bond motifs is 2. The van der Waals surface area contributed by atoms with Crippen molar-refractivity contribution in [2.24, 2.45) is 28.6 Å². The summed E-state index contributed by atoms with van der Waals surface area (Å²) in [7, 11) is 0. The van der Waals surface area contributed by atoms with Crippen LogP contribution < -0.4 is 15.4 Å². The summed E-state index contributed by atoms with van der Waals surface area (Å²) in [6, 6.07) is 0.0955. The van der Waals surface area contributed by atoms with Gasteiger partial charge in [-0.15, -0.1) is 11.8 Å². The van der Waals surface area contributed by atoms with Crippen LogP contribution in [0.15, 0.2) is 9.42 Å². The van der Waals surface area contributed by atoms with Crippen molar-refractivity contribution in [3.63, 3.8) is 0 Å². The molecule has 3 unspecified atom stereocenters. The minimum Gasteiger partial charge on any atom is -0.474 e. The van der Waals surface area contributed by atoms with Crippen molar-refractivity contribution < 1.29 is 18.8 Å². The molecule has 2 aliphatic heterocycles. The van der Waals surface area contributed by atoms with Gasteiger partial charge in [0.2, 0.25) is 11.7 Å². The standard InChI is InChI=1S/C34H54N4O4S/c1-23(26-19-24-8-7-9-25(18-24)20-26)36-30(39)28-29(43-27-10-5-4-6-11-27)31(37-42-28)41-22-33(2,3)32(40)38-16-13-34(14-17-38)12-15-35-21-34/h23-27,35H,4-22H2,1-3H3,(H,36,39). The van der Waals surface area contributed by atoms with Crippen LogP contribution in [-0.4, -0.2) is 65.9 Å². The summed E-state index contributed by atoms with van der Waals surface area (Å²) in [6.07, 6.45) is 17.1. The predicted octanol–water partition coefficient (Wildman–Crippen LogP) is 6.44. The zero-order chi connectivity index (χ0) is 30.0. The molecule has 2 bridgehead atoms. The molecule has 6 rings (SSSR count). The third-order valence-corrected chi connectivity index (χ3v) is 12.9. The SMILES string of the molecule is CC(NC(=O)c1onc(OCC(C)(C)C(=O)N2CCC3(CCNC3)CC2)c1SC1CCCCC1)C1CC2CCCC(C2)C1. The number of piperidine rings is 1. The molecule has 2 amide bonds. The highest BCUT2D eigenvalue weighted by molar-refractivity contribution is 8.00. The normalized spacial score (nSPS) is 28.5. The first kappa shape index (κ1) is 31.3. The van der Waals surface area contributed by atoms with Crippen LogP contribution in [0, 0.1) is 28.6 Å². The van der Waals surface area contributed by atoms with Crippen LogP contribution in [0.5, 0.6) is 5.88 Å². The highest BCUT2D eigenvalue weighted by atomic mass is 32.2. The Hall–Kier alpha value is -1.74. The summed E-state index contributed by atoms with van der Waals surface area (Å²) in [5.74, 6) is 2.71. The van der Waals surface area contributed by atoms with Crippen LogP contribution in [0.1, 0.15) is 121 Å². The van der Waals surface area contributed by atoms with E-state index >= 15 is 0 Å². The van der Waals surface area contributed by atoms with Gasteiger partial charge in [0, 0.05) is 30.9 Å². The predicted molar refractivity (Wildman–Crippen MR) is 169 cm³/mol. The van der Waals surface area contributed by atoms with Gasteiger partial charge in [-0.2, -0.15) is 0 Å². The lowest BCUT2D eigenvalue weighted by molar-refractivity contribution is -0.144. The van der Waals surface area contributed by atoms with E-state index < -0.39 is 5.41 Å². The van der Waals surface area contributed by atoms with Crippen LogP contribution in [-0.2, 0) is 4.79 Å². The largest absolute Gasteiger partial charge is 0.474 e. The first-order valence-electron chi connectivity index (χ1n) is 17.3. The zero-order valence-corrected chi connectivity index (χ0v) is 27.6. The van der Waals surface area contributed by atoms with Crippen molar-refractivity contribution in [2.45, 2.75) is 127 Å². The van der Waals surface area contributed by atoms with Crippen molar-refractivity contribution >= 4 is 23.6 Å². The Kier molecular flexibility index (Phi) is 9.68. The van der Waals surface area contributed by atoms with Gasteiger partial charge in [0.1, 0.15) is 11.5 Å². The molecule has 240 valence electrons. The quantitative estimate of drug-likeness (QED) is 0.330. The number of amides is 2. The van der Waals surface area contributed by atoms with E-state index in [1.807, 2.05) is 18.7 Å². The second-order valence-electron chi connectivity index (χ2n) is 15.3. The summed E-state index contributed by atoms with van der Waals surface area (Å²) in [4.78, 5) is 30.0. The molecular formula is C34H54N4O4S. The lowest BCUT2D eigenvalue weighted by Crippen LogP contribution is -2.49. The van der Waals surface area contributed by atoms with Crippen LogP contribution in [0.2, 0.25) is 0 Å². The van der Waals surface area contributed by atoms with E-state index in [2.05, 4.69) is 22.7 Å². The second-order valence-corrected chi connectivity index (χ2v) is 16.6. The van der Waals surface area contributed by atoms with E-state index in [1.54, 1.807) is 11.8 Å². The maximum Gasteiger partial charge on any atom is 0.291 e. The van der Waals surface area contributed by atoms with Crippen molar-refractivity contribution in [3.05, 3.63) is 5.76 Å². The lowest BCUT2D eigenvalue weighted by atomic mass is 9.66. The van der Waals surface area contributed by atoms with Crippen LogP contribution in [0.3, 0.4) is 0 Å². The van der Waals surface area contributed by atoms with Crippen molar-refractivity contribution in [1.29, 1.82) is 0 Å². The van der Waals surface area contributed by atoms with Gasteiger partial charge in [0.25, 0.3) is 11.8 Å². The van der Waals surface area contributed by atoms with Crippen LogP contribution in [0.25, 0.3) is 0 Å². The number of rotatable bonds is 9. The number of aromatic nitrogens is 1. The summed E-state index contributed by atoms with van der Waals surface area (Å²) in [5, 5.41) is 11.5. The Balaban J connectivity index is 1.11. The second kappa shape index (κ2) is 13.3. The Labute approximate surface area is 262 Å².